The second-order valence-electron chi connectivity index (χ2n) is 7.80. The van der Waals surface area contributed by atoms with Crippen molar-refractivity contribution in [2.75, 3.05) is 37.7 Å². The molecular weight excluding hydrogens is 348 g/mol. The van der Waals surface area contributed by atoms with E-state index < -0.39 is 9.84 Å². The largest absolute Gasteiger partial charge is 0.343 e. The lowest BCUT2D eigenvalue weighted by atomic mass is 10.0. The number of likely N-dealkylation sites (tertiary alicyclic amines) is 1. The van der Waals surface area contributed by atoms with Crippen molar-refractivity contribution >= 4 is 15.7 Å². The maximum absolute atomic E-state index is 12.5. The third-order valence-corrected chi connectivity index (χ3v) is 7.23. The summed E-state index contributed by atoms with van der Waals surface area (Å²) in [5.74, 6) is 0.799. The Kier molecular flexibility index (Phi) is 6.03. The minimum absolute atomic E-state index is 0.240. The van der Waals surface area contributed by atoms with Gasteiger partial charge in [-0.15, -0.1) is 0 Å². The van der Waals surface area contributed by atoms with E-state index in [-0.39, 0.29) is 17.4 Å². The molecule has 5 nitrogen and oxygen atoms in total. The molecule has 2 aliphatic heterocycles. The molecule has 2 fully saturated rings. The van der Waals surface area contributed by atoms with Gasteiger partial charge in [-0.05, 0) is 38.7 Å². The van der Waals surface area contributed by atoms with Crippen LogP contribution in [-0.2, 0) is 21.1 Å². The molecule has 1 aromatic rings. The summed E-state index contributed by atoms with van der Waals surface area (Å²) < 4.78 is 23.1. The van der Waals surface area contributed by atoms with E-state index in [0.717, 1.165) is 32.4 Å². The molecule has 0 radical (unpaired) electrons. The molecular formula is C20H30N2O3S. The van der Waals surface area contributed by atoms with Gasteiger partial charge in [-0.3, -0.25) is 9.69 Å². The van der Waals surface area contributed by atoms with Gasteiger partial charge in [-0.1, -0.05) is 29.3 Å². The van der Waals surface area contributed by atoms with Crippen molar-refractivity contribution in [2.45, 2.75) is 45.6 Å². The van der Waals surface area contributed by atoms with Crippen LogP contribution in [0.15, 0.2) is 18.2 Å². The molecule has 0 saturated carbocycles. The van der Waals surface area contributed by atoms with E-state index in [4.69, 9.17) is 0 Å². The van der Waals surface area contributed by atoms with Crippen LogP contribution in [0, 0.1) is 13.8 Å². The van der Waals surface area contributed by atoms with Crippen LogP contribution in [0.5, 0.6) is 0 Å². The molecule has 0 spiro atoms. The van der Waals surface area contributed by atoms with E-state index in [1.807, 2.05) is 4.90 Å². The molecule has 1 aromatic carbocycles. The number of nitrogens with zero attached hydrogens (tertiary/aromatic N) is 2. The Balaban J connectivity index is 1.45. The van der Waals surface area contributed by atoms with Gasteiger partial charge in [0.15, 0.2) is 9.84 Å². The third-order valence-electron chi connectivity index (χ3n) is 5.62. The molecule has 2 heterocycles. The Morgan fingerprint density at radius 2 is 1.58 bits per heavy atom. The van der Waals surface area contributed by atoms with E-state index >= 15 is 0 Å². The van der Waals surface area contributed by atoms with Gasteiger partial charge in [0, 0.05) is 38.6 Å². The molecule has 0 atom stereocenters. The van der Waals surface area contributed by atoms with Crippen LogP contribution in [0.25, 0.3) is 0 Å². The van der Waals surface area contributed by atoms with Crippen LogP contribution in [-0.4, -0.2) is 67.9 Å². The predicted octanol–water partition coefficient (Wildman–Crippen LogP) is 1.96. The number of rotatable bonds is 4. The quantitative estimate of drug-likeness (QED) is 0.804. The lowest BCUT2D eigenvalue weighted by Crippen LogP contribution is -2.51. The highest BCUT2D eigenvalue weighted by Gasteiger charge is 2.30. The minimum atomic E-state index is -2.82. The highest BCUT2D eigenvalue weighted by molar-refractivity contribution is 7.91. The lowest BCUT2D eigenvalue weighted by molar-refractivity contribution is -0.132. The molecule has 2 saturated heterocycles. The first kappa shape index (κ1) is 19.4. The first-order chi connectivity index (χ1) is 12.3. The summed E-state index contributed by atoms with van der Waals surface area (Å²) in [5.41, 5.74) is 3.73. The Labute approximate surface area is 157 Å². The minimum Gasteiger partial charge on any atom is -0.343 e. The molecule has 6 heteroatoms. The number of benzene rings is 1. The number of carbonyl (C=O) groups is 1. The van der Waals surface area contributed by atoms with E-state index in [9.17, 15) is 13.2 Å². The lowest BCUT2D eigenvalue weighted by Gasteiger charge is -2.40. The first-order valence-corrected chi connectivity index (χ1v) is 11.4. The fourth-order valence-corrected chi connectivity index (χ4v) is 5.42. The number of hydrogen-bond acceptors (Lipinski definition) is 4. The number of amides is 1. The van der Waals surface area contributed by atoms with E-state index in [2.05, 4.69) is 36.9 Å². The van der Waals surface area contributed by atoms with Crippen molar-refractivity contribution in [3.63, 3.8) is 0 Å². The number of piperidine rings is 1. The highest BCUT2D eigenvalue weighted by Crippen LogP contribution is 2.20. The zero-order valence-electron chi connectivity index (χ0n) is 15.9. The molecule has 0 N–H and O–H groups in total. The maximum Gasteiger partial charge on any atom is 0.222 e. The summed E-state index contributed by atoms with van der Waals surface area (Å²) in [7, 11) is -2.82. The summed E-state index contributed by atoms with van der Waals surface area (Å²) in [6, 6.07) is 6.91. The van der Waals surface area contributed by atoms with Gasteiger partial charge in [0.2, 0.25) is 5.91 Å². The summed E-state index contributed by atoms with van der Waals surface area (Å²) in [6.45, 7) is 7.06. The third kappa shape index (κ3) is 5.07. The maximum atomic E-state index is 12.5. The summed E-state index contributed by atoms with van der Waals surface area (Å²) in [6.07, 6.45) is 3.27. The fraction of sp³-hybridized carbons (Fsp3) is 0.650. The van der Waals surface area contributed by atoms with Crippen molar-refractivity contribution in [1.29, 1.82) is 0 Å². The first-order valence-electron chi connectivity index (χ1n) is 9.62. The number of carbonyl (C=O) groups excluding carboxylic acids is 1. The monoisotopic (exact) mass is 378 g/mol. The van der Waals surface area contributed by atoms with Gasteiger partial charge >= 0.3 is 0 Å². The SMILES string of the molecule is Cc1cc(C)cc(CCC(=O)N2CCC(N3CCS(=O)(=O)CC3)CC2)c1. The second-order valence-corrected chi connectivity index (χ2v) is 10.1. The van der Waals surface area contributed by atoms with E-state index in [0.29, 0.717) is 25.6 Å². The number of hydrogen-bond donors (Lipinski definition) is 0. The average Bonchev–Trinajstić information content (AvgIpc) is 2.59. The molecule has 26 heavy (non-hydrogen) atoms. The standard InChI is InChI=1S/C20H30N2O3S/c1-16-13-17(2)15-18(14-16)3-4-20(23)22-7-5-19(6-8-22)21-9-11-26(24,25)12-10-21/h13-15,19H,3-12H2,1-2H3. The molecule has 0 aliphatic carbocycles. The second kappa shape index (κ2) is 8.09. The van der Waals surface area contributed by atoms with E-state index in [1.54, 1.807) is 0 Å². The average molecular weight is 379 g/mol. The molecule has 0 bridgehead atoms. The Bertz CT molecular complexity index is 718. The highest BCUT2D eigenvalue weighted by atomic mass is 32.2. The van der Waals surface area contributed by atoms with Crippen molar-refractivity contribution in [1.82, 2.24) is 9.80 Å². The van der Waals surface area contributed by atoms with Gasteiger partial charge in [-0.2, -0.15) is 0 Å². The van der Waals surface area contributed by atoms with Crippen LogP contribution >= 0.6 is 0 Å². The summed E-state index contributed by atoms with van der Waals surface area (Å²) in [4.78, 5) is 16.8. The summed E-state index contributed by atoms with van der Waals surface area (Å²) in [5, 5.41) is 0. The molecule has 2 aliphatic rings. The van der Waals surface area contributed by atoms with Gasteiger partial charge in [0.05, 0.1) is 11.5 Å². The van der Waals surface area contributed by atoms with Crippen LogP contribution in [0.1, 0.15) is 36.0 Å². The zero-order chi connectivity index (χ0) is 18.7. The number of aryl methyl sites for hydroxylation is 3. The van der Waals surface area contributed by atoms with Gasteiger partial charge in [-0.25, -0.2) is 8.42 Å². The Morgan fingerprint density at radius 1 is 1.00 bits per heavy atom. The van der Waals surface area contributed by atoms with Crippen LogP contribution in [0.2, 0.25) is 0 Å². The smallest absolute Gasteiger partial charge is 0.222 e. The van der Waals surface area contributed by atoms with Crippen LogP contribution in [0.4, 0.5) is 0 Å². The molecule has 0 aromatic heterocycles. The van der Waals surface area contributed by atoms with Crippen molar-refractivity contribution < 1.29 is 13.2 Å². The van der Waals surface area contributed by atoms with Crippen LogP contribution in [0.3, 0.4) is 0 Å². The van der Waals surface area contributed by atoms with Crippen molar-refractivity contribution in [3.05, 3.63) is 34.9 Å². The van der Waals surface area contributed by atoms with Gasteiger partial charge in [0.25, 0.3) is 0 Å². The fourth-order valence-electron chi connectivity index (χ4n) is 4.19. The Hall–Kier alpha value is -1.40. The molecule has 144 valence electrons. The van der Waals surface area contributed by atoms with Crippen molar-refractivity contribution in [3.8, 4) is 0 Å². The normalized spacial score (nSPS) is 21.7. The molecule has 0 unspecified atom stereocenters. The molecule has 1 amide bonds. The zero-order valence-corrected chi connectivity index (χ0v) is 16.7. The van der Waals surface area contributed by atoms with Crippen molar-refractivity contribution in [2.24, 2.45) is 0 Å². The van der Waals surface area contributed by atoms with Gasteiger partial charge < -0.3 is 4.90 Å². The van der Waals surface area contributed by atoms with Crippen LogP contribution < -0.4 is 0 Å². The predicted molar refractivity (Wildman–Crippen MR) is 104 cm³/mol. The number of sulfone groups is 1. The van der Waals surface area contributed by atoms with E-state index in [1.165, 1.54) is 16.7 Å². The Morgan fingerprint density at radius 3 is 2.15 bits per heavy atom. The van der Waals surface area contributed by atoms with Gasteiger partial charge in [0.1, 0.15) is 0 Å². The summed E-state index contributed by atoms with van der Waals surface area (Å²) >= 11 is 0. The topological polar surface area (TPSA) is 57.7 Å². The molecule has 3 rings (SSSR count).